The highest BCUT2D eigenvalue weighted by Gasteiger charge is 2.25. The Kier molecular flexibility index (Phi) is 5.88. The van der Waals surface area contributed by atoms with Gasteiger partial charge in [-0.2, -0.15) is 5.10 Å². The number of nitrogens with zero attached hydrogens (tertiary/aromatic N) is 4. The number of anilines is 1. The third-order valence-electron chi connectivity index (χ3n) is 5.02. The number of hydrogen-bond donors (Lipinski definition) is 1. The van der Waals surface area contributed by atoms with Crippen molar-refractivity contribution in [3.63, 3.8) is 0 Å². The predicted molar refractivity (Wildman–Crippen MR) is 102 cm³/mol. The Morgan fingerprint density at radius 3 is 2.54 bits per heavy atom. The number of aryl methyl sites for hydroxylation is 2. The molecule has 7 nitrogen and oxygen atoms in total. The summed E-state index contributed by atoms with van der Waals surface area (Å²) >= 11 is 0. The lowest BCUT2D eigenvalue weighted by atomic mass is 10.0. The van der Waals surface area contributed by atoms with E-state index in [-0.39, 0.29) is 10.6 Å². The second kappa shape index (κ2) is 8.31. The Labute approximate surface area is 154 Å². The van der Waals surface area contributed by atoms with Gasteiger partial charge >= 0.3 is 5.69 Å². The molecule has 0 unspecified atom stereocenters. The van der Waals surface area contributed by atoms with Gasteiger partial charge < -0.3 is 5.32 Å². The summed E-state index contributed by atoms with van der Waals surface area (Å²) in [5.74, 6) is 0.472. The highest BCUT2D eigenvalue weighted by Crippen LogP contribution is 2.29. The van der Waals surface area contributed by atoms with Crippen LogP contribution in [0.15, 0.2) is 24.3 Å². The Bertz CT molecular complexity index is 765. The summed E-state index contributed by atoms with van der Waals surface area (Å²) in [5.41, 5.74) is 3.05. The molecule has 0 amide bonds. The lowest BCUT2D eigenvalue weighted by Gasteiger charge is -2.27. The number of likely N-dealkylation sites (tertiary alicyclic amines) is 1. The Hall–Kier alpha value is -2.41. The minimum absolute atomic E-state index is 0.0866. The number of aromatic nitrogens is 2. The van der Waals surface area contributed by atoms with Gasteiger partial charge in [-0.25, -0.2) is 4.68 Å². The second-order valence-electron chi connectivity index (χ2n) is 6.84. The molecule has 1 fully saturated rings. The molecule has 1 aromatic heterocycles. The van der Waals surface area contributed by atoms with Gasteiger partial charge in [0, 0.05) is 20.1 Å². The molecular formula is C19H27N5O2. The molecule has 0 spiro atoms. The molecule has 1 aliphatic rings. The normalized spacial score (nSPS) is 15.2. The van der Waals surface area contributed by atoms with Crippen LogP contribution >= 0.6 is 0 Å². The molecule has 1 aromatic carbocycles. The van der Waals surface area contributed by atoms with Crippen LogP contribution in [0.1, 0.15) is 43.0 Å². The molecule has 0 saturated carbocycles. The molecule has 7 heteroatoms. The third kappa shape index (κ3) is 4.04. The van der Waals surface area contributed by atoms with Crippen LogP contribution in [0.5, 0.6) is 0 Å². The van der Waals surface area contributed by atoms with E-state index in [1.54, 1.807) is 11.7 Å². The number of piperidine rings is 1. The summed E-state index contributed by atoms with van der Waals surface area (Å²) < 4.78 is 1.57. The van der Waals surface area contributed by atoms with E-state index in [9.17, 15) is 10.1 Å². The maximum Gasteiger partial charge on any atom is 0.333 e. The van der Waals surface area contributed by atoms with Crippen molar-refractivity contribution in [2.24, 2.45) is 7.05 Å². The van der Waals surface area contributed by atoms with E-state index in [4.69, 9.17) is 0 Å². The topological polar surface area (TPSA) is 76.2 Å². The van der Waals surface area contributed by atoms with Gasteiger partial charge in [0.1, 0.15) is 5.69 Å². The lowest BCUT2D eigenvalue weighted by molar-refractivity contribution is -0.384. The van der Waals surface area contributed by atoms with Gasteiger partial charge in [-0.15, -0.1) is 0 Å². The largest absolute Gasteiger partial charge is 0.360 e. The highest BCUT2D eigenvalue weighted by molar-refractivity contribution is 5.60. The average Bonchev–Trinajstić information content (AvgIpc) is 2.97. The van der Waals surface area contributed by atoms with E-state index in [2.05, 4.69) is 33.5 Å². The van der Waals surface area contributed by atoms with Crippen molar-refractivity contribution in [2.45, 2.75) is 45.7 Å². The van der Waals surface area contributed by atoms with Gasteiger partial charge in [0.2, 0.25) is 5.82 Å². The molecule has 26 heavy (non-hydrogen) atoms. The fourth-order valence-corrected chi connectivity index (χ4v) is 3.62. The van der Waals surface area contributed by atoms with Gasteiger partial charge in [0.25, 0.3) is 0 Å². The van der Waals surface area contributed by atoms with Crippen molar-refractivity contribution in [3.05, 3.63) is 51.2 Å². The second-order valence-corrected chi connectivity index (χ2v) is 6.84. The first kappa shape index (κ1) is 18.4. The van der Waals surface area contributed by atoms with E-state index in [0.717, 1.165) is 19.6 Å². The minimum atomic E-state index is -0.339. The quantitative estimate of drug-likeness (QED) is 0.606. The molecule has 1 saturated heterocycles. The zero-order valence-corrected chi connectivity index (χ0v) is 15.6. The van der Waals surface area contributed by atoms with Crippen LogP contribution in [0, 0.1) is 10.1 Å². The van der Waals surface area contributed by atoms with Crippen molar-refractivity contribution >= 4 is 11.5 Å². The first-order chi connectivity index (χ1) is 12.6. The van der Waals surface area contributed by atoms with Crippen LogP contribution in [0.3, 0.4) is 0 Å². The molecule has 0 bridgehead atoms. The first-order valence-electron chi connectivity index (χ1n) is 9.33. The Morgan fingerprint density at radius 2 is 1.88 bits per heavy atom. The maximum absolute atomic E-state index is 11.5. The molecule has 1 N–H and O–H groups in total. The summed E-state index contributed by atoms with van der Waals surface area (Å²) in [7, 11) is 1.74. The fraction of sp³-hybridized carbons (Fsp3) is 0.526. The Balaban J connectivity index is 1.76. The summed E-state index contributed by atoms with van der Waals surface area (Å²) in [5, 5.41) is 19.0. The summed E-state index contributed by atoms with van der Waals surface area (Å²) in [4.78, 5) is 13.6. The third-order valence-corrected chi connectivity index (χ3v) is 5.02. The van der Waals surface area contributed by atoms with Gasteiger partial charge in [-0.3, -0.25) is 15.0 Å². The van der Waals surface area contributed by atoms with Crippen molar-refractivity contribution in [2.75, 3.05) is 18.4 Å². The first-order valence-corrected chi connectivity index (χ1v) is 9.33. The Morgan fingerprint density at radius 1 is 1.19 bits per heavy atom. The number of rotatable bonds is 7. The number of hydrogen-bond acceptors (Lipinski definition) is 5. The van der Waals surface area contributed by atoms with Gasteiger partial charge in [0.05, 0.1) is 4.92 Å². The van der Waals surface area contributed by atoms with E-state index in [1.165, 1.54) is 30.4 Å². The van der Waals surface area contributed by atoms with E-state index in [1.807, 2.05) is 13.0 Å². The fourth-order valence-electron chi connectivity index (χ4n) is 3.62. The van der Waals surface area contributed by atoms with Crippen molar-refractivity contribution in [1.82, 2.24) is 14.7 Å². The molecule has 3 rings (SSSR count). The SMILES string of the molecule is CCc1nn(C)c(NCc2ccccc2CN2CCCCC2)c1[N+](=O)[O-]. The van der Waals surface area contributed by atoms with E-state index >= 15 is 0 Å². The van der Waals surface area contributed by atoms with Crippen LogP contribution in [-0.4, -0.2) is 32.7 Å². The molecule has 140 valence electrons. The van der Waals surface area contributed by atoms with Crippen LogP contribution in [-0.2, 0) is 26.6 Å². The van der Waals surface area contributed by atoms with Crippen molar-refractivity contribution < 1.29 is 4.92 Å². The molecule has 2 heterocycles. The summed E-state index contributed by atoms with van der Waals surface area (Å²) in [6.07, 6.45) is 4.39. The van der Waals surface area contributed by atoms with Crippen molar-refractivity contribution in [1.29, 1.82) is 0 Å². The lowest BCUT2D eigenvalue weighted by Crippen LogP contribution is -2.29. The molecule has 0 aliphatic carbocycles. The van der Waals surface area contributed by atoms with E-state index in [0.29, 0.717) is 24.5 Å². The predicted octanol–water partition coefficient (Wildman–Crippen LogP) is 3.49. The van der Waals surface area contributed by atoms with E-state index < -0.39 is 0 Å². The maximum atomic E-state index is 11.5. The van der Waals surface area contributed by atoms with Gasteiger partial charge in [-0.1, -0.05) is 37.6 Å². The molecule has 2 aromatic rings. The van der Waals surface area contributed by atoms with Crippen LogP contribution < -0.4 is 5.32 Å². The minimum Gasteiger partial charge on any atom is -0.360 e. The van der Waals surface area contributed by atoms with Crippen molar-refractivity contribution in [3.8, 4) is 0 Å². The number of nitro groups is 1. The number of benzene rings is 1. The number of nitrogens with one attached hydrogen (secondary N) is 1. The smallest absolute Gasteiger partial charge is 0.333 e. The standard InChI is InChI=1S/C19H27N5O2/c1-3-17-18(24(25)26)19(22(2)21-17)20-13-15-9-5-6-10-16(15)14-23-11-7-4-8-12-23/h5-6,9-10,20H,3-4,7-8,11-14H2,1-2H3. The summed E-state index contributed by atoms with van der Waals surface area (Å²) in [6.45, 7) is 5.66. The average molecular weight is 357 g/mol. The summed E-state index contributed by atoms with van der Waals surface area (Å²) in [6, 6.07) is 8.33. The molecule has 0 radical (unpaired) electrons. The zero-order chi connectivity index (χ0) is 18.5. The molecule has 1 aliphatic heterocycles. The molecular weight excluding hydrogens is 330 g/mol. The van der Waals surface area contributed by atoms with Gasteiger partial charge in [0.15, 0.2) is 0 Å². The highest BCUT2D eigenvalue weighted by atomic mass is 16.6. The zero-order valence-electron chi connectivity index (χ0n) is 15.6. The molecule has 0 atom stereocenters. The monoisotopic (exact) mass is 357 g/mol. The van der Waals surface area contributed by atoms with Crippen LogP contribution in [0.25, 0.3) is 0 Å². The van der Waals surface area contributed by atoms with Crippen LogP contribution in [0.2, 0.25) is 0 Å². The van der Waals surface area contributed by atoms with Crippen LogP contribution in [0.4, 0.5) is 11.5 Å². The van der Waals surface area contributed by atoms with Gasteiger partial charge in [-0.05, 0) is 43.5 Å².